The van der Waals surface area contributed by atoms with Gasteiger partial charge in [-0.2, -0.15) is 10.1 Å². The number of hydrogen-bond donors (Lipinski definition) is 0. The molecule has 0 bridgehead atoms. The molecule has 0 saturated carbocycles. The molecule has 0 N–H and O–H groups in total. The smallest absolute Gasteiger partial charge is 0.223 e. The van der Waals surface area contributed by atoms with Crippen LogP contribution in [0.1, 0.15) is 23.2 Å². The molecule has 3 heterocycles. The average molecular weight is 313 g/mol. The number of aromatic nitrogens is 4. The van der Waals surface area contributed by atoms with Crippen LogP contribution in [0.25, 0.3) is 5.69 Å². The fraction of sp³-hybridized carbons (Fsp3) is 0.312. The molecule has 0 aliphatic carbocycles. The van der Waals surface area contributed by atoms with Gasteiger partial charge in [0.2, 0.25) is 5.89 Å². The molecule has 1 aromatic carbocycles. The summed E-state index contributed by atoms with van der Waals surface area (Å²) in [7, 11) is 0. The van der Waals surface area contributed by atoms with Crippen molar-refractivity contribution in [1.82, 2.24) is 24.8 Å². The second-order valence-electron chi connectivity index (χ2n) is 5.81. The summed E-state index contributed by atoms with van der Waals surface area (Å²) in [5.41, 5.74) is 1.51. The van der Waals surface area contributed by atoms with E-state index in [2.05, 4.69) is 20.1 Å². The van der Waals surface area contributed by atoms with Crippen LogP contribution < -0.4 is 0 Å². The van der Waals surface area contributed by atoms with Gasteiger partial charge in [-0.05, 0) is 12.1 Å². The number of benzene rings is 1. The third kappa shape index (κ3) is 2.75. The highest BCUT2D eigenvalue weighted by Gasteiger charge is 2.31. The van der Waals surface area contributed by atoms with Crippen molar-refractivity contribution in [2.24, 2.45) is 0 Å². The molecule has 0 spiro atoms. The zero-order valence-electron chi connectivity index (χ0n) is 12.7. The molecule has 6 nitrogen and oxygen atoms in total. The zero-order valence-corrected chi connectivity index (χ0v) is 12.7. The van der Waals surface area contributed by atoms with Crippen LogP contribution in [0, 0.1) is 12.7 Å². The molecule has 4 rings (SSSR count). The highest BCUT2D eigenvalue weighted by molar-refractivity contribution is 5.33. The number of rotatable bonds is 4. The maximum atomic E-state index is 13.8. The molecule has 0 radical (unpaired) electrons. The van der Waals surface area contributed by atoms with Crippen LogP contribution in [0.2, 0.25) is 0 Å². The van der Waals surface area contributed by atoms with E-state index in [9.17, 15) is 4.39 Å². The minimum atomic E-state index is -0.279. The van der Waals surface area contributed by atoms with Crippen LogP contribution in [-0.2, 0) is 6.54 Å². The van der Waals surface area contributed by atoms with E-state index in [-0.39, 0.29) is 5.82 Å². The average Bonchev–Trinajstić information content (AvgIpc) is 3.12. The molecule has 7 heteroatoms. The van der Waals surface area contributed by atoms with E-state index in [0.29, 0.717) is 17.5 Å². The van der Waals surface area contributed by atoms with Crippen molar-refractivity contribution in [1.29, 1.82) is 0 Å². The van der Waals surface area contributed by atoms with Crippen LogP contribution in [0.5, 0.6) is 0 Å². The molecular formula is C16H16FN5O. The number of likely N-dealkylation sites (tertiary alicyclic amines) is 1. The van der Waals surface area contributed by atoms with Crippen LogP contribution in [0.3, 0.4) is 0 Å². The second kappa shape index (κ2) is 5.58. The maximum absolute atomic E-state index is 13.8. The first kappa shape index (κ1) is 14.1. The fourth-order valence-electron chi connectivity index (χ4n) is 2.81. The van der Waals surface area contributed by atoms with E-state index in [4.69, 9.17) is 4.52 Å². The van der Waals surface area contributed by atoms with Gasteiger partial charge in [-0.3, -0.25) is 4.90 Å². The molecule has 118 valence electrons. The molecule has 3 aromatic rings. The number of aryl methyl sites for hydroxylation is 1. The molecule has 1 saturated heterocycles. The van der Waals surface area contributed by atoms with E-state index >= 15 is 0 Å². The number of para-hydroxylation sites is 1. The van der Waals surface area contributed by atoms with E-state index in [1.165, 1.54) is 6.07 Å². The summed E-state index contributed by atoms with van der Waals surface area (Å²) in [6.07, 6.45) is 3.64. The first-order valence-electron chi connectivity index (χ1n) is 7.50. The van der Waals surface area contributed by atoms with Crippen molar-refractivity contribution >= 4 is 0 Å². The molecule has 1 aliphatic heterocycles. The van der Waals surface area contributed by atoms with Gasteiger partial charge in [0.05, 0.1) is 6.20 Å². The topological polar surface area (TPSA) is 60.0 Å². The summed E-state index contributed by atoms with van der Waals surface area (Å²) in [6, 6.07) is 6.61. The lowest BCUT2D eigenvalue weighted by molar-refractivity contribution is 0.133. The molecule has 23 heavy (non-hydrogen) atoms. The van der Waals surface area contributed by atoms with E-state index < -0.39 is 0 Å². The van der Waals surface area contributed by atoms with Gasteiger partial charge in [0, 0.05) is 44.2 Å². The van der Waals surface area contributed by atoms with Gasteiger partial charge in [0.1, 0.15) is 11.5 Å². The van der Waals surface area contributed by atoms with Crippen molar-refractivity contribution in [2.75, 3.05) is 13.1 Å². The quantitative estimate of drug-likeness (QED) is 0.739. The summed E-state index contributed by atoms with van der Waals surface area (Å²) in [4.78, 5) is 6.54. The number of nitrogens with zero attached hydrogens (tertiary/aromatic N) is 5. The Morgan fingerprint density at radius 2 is 2.13 bits per heavy atom. The van der Waals surface area contributed by atoms with Gasteiger partial charge in [-0.1, -0.05) is 17.3 Å². The Kier molecular flexibility index (Phi) is 3.42. The summed E-state index contributed by atoms with van der Waals surface area (Å²) in [5, 5.41) is 8.21. The minimum absolute atomic E-state index is 0.279. The van der Waals surface area contributed by atoms with Crippen molar-refractivity contribution < 1.29 is 8.91 Å². The van der Waals surface area contributed by atoms with Gasteiger partial charge in [-0.15, -0.1) is 0 Å². The largest absolute Gasteiger partial charge is 0.340 e. The number of hydrogen-bond acceptors (Lipinski definition) is 5. The summed E-state index contributed by atoms with van der Waals surface area (Å²) in [5.74, 6) is 1.43. The first-order valence-corrected chi connectivity index (χ1v) is 7.50. The lowest BCUT2D eigenvalue weighted by Gasteiger charge is -2.37. The van der Waals surface area contributed by atoms with Crippen LogP contribution in [-0.4, -0.2) is 37.9 Å². The third-order valence-electron chi connectivity index (χ3n) is 4.01. The summed E-state index contributed by atoms with van der Waals surface area (Å²) in [6.45, 7) is 4.36. The van der Waals surface area contributed by atoms with Crippen molar-refractivity contribution in [2.45, 2.75) is 19.4 Å². The molecule has 1 aliphatic rings. The summed E-state index contributed by atoms with van der Waals surface area (Å²) >= 11 is 0. The highest BCUT2D eigenvalue weighted by Crippen LogP contribution is 2.26. The minimum Gasteiger partial charge on any atom is -0.340 e. The Bertz CT molecular complexity index is 821. The lowest BCUT2D eigenvalue weighted by atomic mass is 9.99. The fourth-order valence-corrected chi connectivity index (χ4v) is 2.81. The van der Waals surface area contributed by atoms with Gasteiger partial charge in [-0.25, -0.2) is 9.07 Å². The Morgan fingerprint density at radius 1 is 1.30 bits per heavy atom. The van der Waals surface area contributed by atoms with Gasteiger partial charge in [0.25, 0.3) is 0 Å². The second-order valence-corrected chi connectivity index (χ2v) is 5.81. The van der Waals surface area contributed by atoms with Crippen molar-refractivity contribution in [3.63, 3.8) is 0 Å². The van der Waals surface area contributed by atoms with Gasteiger partial charge < -0.3 is 4.52 Å². The maximum Gasteiger partial charge on any atom is 0.223 e. The van der Waals surface area contributed by atoms with Gasteiger partial charge in [0.15, 0.2) is 5.82 Å². The van der Waals surface area contributed by atoms with Crippen LogP contribution in [0.4, 0.5) is 4.39 Å². The van der Waals surface area contributed by atoms with E-state index in [0.717, 1.165) is 31.0 Å². The van der Waals surface area contributed by atoms with E-state index in [1.807, 2.05) is 6.20 Å². The Labute approximate surface area is 132 Å². The first-order chi connectivity index (χ1) is 11.2. The molecule has 0 unspecified atom stereocenters. The van der Waals surface area contributed by atoms with Crippen LogP contribution >= 0.6 is 0 Å². The normalized spacial score (nSPS) is 15.7. The molecular weight excluding hydrogens is 297 g/mol. The van der Waals surface area contributed by atoms with Crippen molar-refractivity contribution in [3.8, 4) is 5.69 Å². The van der Waals surface area contributed by atoms with E-state index in [1.54, 1.807) is 36.0 Å². The molecule has 2 aromatic heterocycles. The predicted octanol–water partition coefficient (Wildman–Crippen LogP) is 2.30. The van der Waals surface area contributed by atoms with Gasteiger partial charge >= 0.3 is 0 Å². The standard InChI is InChI=1S/C16H16FN5O/c1-11-19-16(20-23-11)13-9-21(10-13)7-12-6-18-22(8-12)15-5-3-2-4-14(15)17/h2-6,8,13H,7,9-10H2,1H3. The SMILES string of the molecule is Cc1nc(C2CN(Cc3cnn(-c4ccccc4F)c3)C2)no1. The molecule has 1 fully saturated rings. The number of halogens is 1. The molecule has 0 amide bonds. The monoisotopic (exact) mass is 313 g/mol. The van der Waals surface area contributed by atoms with Crippen LogP contribution in [0.15, 0.2) is 41.2 Å². The lowest BCUT2D eigenvalue weighted by Crippen LogP contribution is -2.44. The Morgan fingerprint density at radius 3 is 2.87 bits per heavy atom. The summed E-state index contributed by atoms with van der Waals surface area (Å²) < 4.78 is 20.4. The Hall–Kier alpha value is -2.54. The van der Waals surface area contributed by atoms with Crippen molar-refractivity contribution in [3.05, 3.63) is 59.8 Å². The third-order valence-corrected chi connectivity index (χ3v) is 4.01. The Balaban J connectivity index is 1.39. The zero-order chi connectivity index (χ0) is 15.8. The highest BCUT2D eigenvalue weighted by atomic mass is 19.1. The predicted molar refractivity (Wildman–Crippen MR) is 80.6 cm³/mol. The molecule has 0 atom stereocenters.